The molecule has 7 nitrogen and oxygen atoms in total. The fourth-order valence-corrected chi connectivity index (χ4v) is 7.21. The Morgan fingerprint density at radius 1 is 1.18 bits per heavy atom. The molecule has 2 fully saturated rings. The highest BCUT2D eigenvalue weighted by atomic mass is 32.2. The number of pyridine rings is 1. The molecule has 208 valence electrons. The largest absolute Gasteiger partial charge is 0.387 e. The molecule has 1 aromatic carbocycles. The Morgan fingerprint density at radius 3 is 2.45 bits per heavy atom. The van der Waals surface area contributed by atoms with Crippen molar-refractivity contribution in [3.05, 3.63) is 52.9 Å². The van der Waals surface area contributed by atoms with E-state index < -0.39 is 20.7 Å². The normalized spacial score (nSPS) is 24.5. The van der Waals surface area contributed by atoms with Gasteiger partial charge in [-0.3, -0.25) is 9.59 Å². The lowest BCUT2D eigenvalue weighted by Crippen LogP contribution is -2.61. The number of benzene rings is 1. The lowest BCUT2D eigenvalue weighted by Gasteiger charge is -2.51. The minimum atomic E-state index is -3.15. The van der Waals surface area contributed by atoms with E-state index in [4.69, 9.17) is 4.78 Å². The van der Waals surface area contributed by atoms with Crippen LogP contribution in [-0.4, -0.2) is 49.6 Å². The van der Waals surface area contributed by atoms with Crippen LogP contribution in [0.3, 0.4) is 0 Å². The molecule has 0 bridgehead atoms. The van der Waals surface area contributed by atoms with E-state index in [1.54, 1.807) is 0 Å². The first-order valence-corrected chi connectivity index (χ1v) is 15.8. The van der Waals surface area contributed by atoms with E-state index in [2.05, 4.69) is 0 Å². The third-order valence-corrected chi connectivity index (χ3v) is 9.98. The van der Waals surface area contributed by atoms with E-state index in [1.807, 2.05) is 56.0 Å². The highest BCUT2D eigenvalue weighted by molar-refractivity contribution is 7.91. The number of nitrogens with zero attached hydrogens (tertiary/aromatic N) is 2. The first kappa shape index (κ1) is 28.6. The predicted molar refractivity (Wildman–Crippen MR) is 151 cm³/mol. The van der Waals surface area contributed by atoms with E-state index >= 15 is 0 Å². The molecule has 0 radical (unpaired) electrons. The van der Waals surface area contributed by atoms with Crippen LogP contribution in [0.25, 0.3) is 11.1 Å². The number of aromatic nitrogens is 1. The smallest absolute Gasteiger partial charge is 0.251 e. The van der Waals surface area contributed by atoms with Gasteiger partial charge in [0.1, 0.15) is 0 Å². The Hall–Kier alpha value is -2.45. The van der Waals surface area contributed by atoms with Crippen molar-refractivity contribution in [3.63, 3.8) is 0 Å². The molecule has 38 heavy (non-hydrogen) atoms. The molecule has 4 rings (SSSR count). The zero-order valence-corrected chi connectivity index (χ0v) is 24.1. The second-order valence-electron chi connectivity index (χ2n) is 12.3. The number of carbonyl (C=O) groups is 1. The average Bonchev–Trinajstić information content (AvgIpc) is 2.87. The van der Waals surface area contributed by atoms with Crippen LogP contribution in [0.15, 0.2) is 52.3 Å². The predicted octanol–water partition coefficient (Wildman–Crippen LogP) is 5.15. The Kier molecular flexibility index (Phi) is 8.24. The molecule has 2 heterocycles. The fourth-order valence-electron chi connectivity index (χ4n) is 6.29. The first-order chi connectivity index (χ1) is 17.8. The van der Waals surface area contributed by atoms with Gasteiger partial charge in [0.05, 0.1) is 26.8 Å². The first-order valence-electron chi connectivity index (χ1n) is 13.9. The number of amides is 1. The standard InChI is InChI=1S/C30H43N3O4S/c1-22(17-23-11-7-5-8-12-23)28(35)32-16-15-30(36,29(2,3)20-32)21-33-19-26(38(4,31)37)25(18-27(33)34)24-13-9-6-10-14-24/h6,9-10,13-14,18-19,22-23,31,36H,5,7-8,11-12,15-17,20-21H2,1-4H3. The van der Waals surface area contributed by atoms with Crippen molar-refractivity contribution >= 4 is 15.6 Å². The average molecular weight is 542 g/mol. The number of likely N-dealkylation sites (tertiary alicyclic amines) is 1. The molecule has 1 saturated heterocycles. The minimum Gasteiger partial charge on any atom is -0.387 e. The summed E-state index contributed by atoms with van der Waals surface area (Å²) >= 11 is 0. The lowest BCUT2D eigenvalue weighted by atomic mass is 9.69. The highest BCUT2D eigenvalue weighted by Gasteiger charge is 2.49. The fraction of sp³-hybridized carbons (Fsp3) is 0.600. The van der Waals surface area contributed by atoms with Crippen molar-refractivity contribution in [2.75, 3.05) is 19.3 Å². The zero-order valence-electron chi connectivity index (χ0n) is 23.2. The summed E-state index contributed by atoms with van der Waals surface area (Å²) in [6, 6.07) is 10.6. The van der Waals surface area contributed by atoms with Gasteiger partial charge in [0, 0.05) is 48.5 Å². The maximum absolute atomic E-state index is 13.3. The molecule has 2 aliphatic rings. The van der Waals surface area contributed by atoms with Gasteiger partial charge in [-0.25, -0.2) is 8.99 Å². The third-order valence-electron chi connectivity index (χ3n) is 8.81. The summed E-state index contributed by atoms with van der Waals surface area (Å²) in [5.74, 6) is 0.742. The quantitative estimate of drug-likeness (QED) is 0.506. The number of aliphatic hydroxyl groups is 1. The number of rotatable bonds is 7. The Labute approximate surface area is 227 Å². The second kappa shape index (κ2) is 11.0. The Morgan fingerprint density at radius 2 is 1.84 bits per heavy atom. The number of hydrogen-bond acceptors (Lipinski definition) is 5. The summed E-state index contributed by atoms with van der Waals surface area (Å²) in [6.07, 6.45) is 10.3. The van der Waals surface area contributed by atoms with Gasteiger partial charge in [-0.2, -0.15) is 0 Å². The Bertz CT molecular complexity index is 1310. The van der Waals surface area contributed by atoms with E-state index in [1.165, 1.54) is 55.2 Å². The Balaban J connectivity index is 1.54. The van der Waals surface area contributed by atoms with Crippen LogP contribution < -0.4 is 5.56 Å². The summed E-state index contributed by atoms with van der Waals surface area (Å²) in [5, 5.41) is 11.8. The molecule has 2 N–H and O–H groups in total. The number of piperidine rings is 1. The van der Waals surface area contributed by atoms with Crippen LogP contribution >= 0.6 is 0 Å². The summed E-state index contributed by atoms with van der Waals surface area (Å²) < 4.78 is 22.6. The van der Waals surface area contributed by atoms with Gasteiger partial charge in [-0.15, -0.1) is 0 Å². The maximum Gasteiger partial charge on any atom is 0.251 e. The van der Waals surface area contributed by atoms with Crippen molar-refractivity contribution in [2.24, 2.45) is 17.3 Å². The molecular weight excluding hydrogens is 498 g/mol. The molecule has 1 aliphatic carbocycles. The van der Waals surface area contributed by atoms with Crippen LogP contribution in [0.5, 0.6) is 0 Å². The van der Waals surface area contributed by atoms with Crippen LogP contribution in [0.4, 0.5) is 0 Å². The zero-order chi connectivity index (χ0) is 27.7. The molecule has 3 atom stereocenters. The molecule has 1 saturated carbocycles. The van der Waals surface area contributed by atoms with Gasteiger partial charge in [-0.05, 0) is 24.3 Å². The molecule has 1 aliphatic heterocycles. The van der Waals surface area contributed by atoms with Crippen LogP contribution in [0, 0.1) is 22.0 Å². The summed E-state index contributed by atoms with van der Waals surface area (Å²) in [4.78, 5) is 28.7. The van der Waals surface area contributed by atoms with Crippen molar-refractivity contribution in [3.8, 4) is 11.1 Å². The topological polar surface area (TPSA) is 103 Å². The third kappa shape index (κ3) is 6.07. The van der Waals surface area contributed by atoms with Gasteiger partial charge in [0.15, 0.2) is 0 Å². The maximum atomic E-state index is 13.3. The van der Waals surface area contributed by atoms with E-state index in [9.17, 15) is 18.9 Å². The van der Waals surface area contributed by atoms with Crippen LogP contribution in [0.2, 0.25) is 0 Å². The van der Waals surface area contributed by atoms with Gasteiger partial charge in [0.25, 0.3) is 5.56 Å². The summed E-state index contributed by atoms with van der Waals surface area (Å²) in [5.41, 5.74) is -1.03. The second-order valence-corrected chi connectivity index (χ2v) is 14.4. The number of nitrogens with one attached hydrogen (secondary N) is 1. The van der Waals surface area contributed by atoms with Crippen molar-refractivity contribution < 1.29 is 14.1 Å². The molecule has 3 unspecified atom stereocenters. The molecule has 2 aromatic rings. The van der Waals surface area contributed by atoms with Crippen molar-refractivity contribution in [2.45, 2.75) is 82.8 Å². The SMILES string of the molecule is CC(CC1CCCCC1)C(=O)N1CCC(O)(Cn2cc(S(C)(=N)=O)c(-c3ccccc3)cc2=O)C(C)(C)C1. The molecule has 1 aromatic heterocycles. The van der Waals surface area contributed by atoms with Gasteiger partial charge < -0.3 is 14.6 Å². The van der Waals surface area contributed by atoms with Crippen molar-refractivity contribution in [1.29, 1.82) is 4.78 Å². The van der Waals surface area contributed by atoms with Gasteiger partial charge in [-0.1, -0.05) is 83.2 Å². The molecular formula is C30H43N3O4S. The van der Waals surface area contributed by atoms with Crippen LogP contribution in [0.1, 0.15) is 65.7 Å². The van der Waals surface area contributed by atoms with E-state index in [-0.39, 0.29) is 28.8 Å². The lowest BCUT2D eigenvalue weighted by molar-refractivity contribution is -0.157. The van der Waals surface area contributed by atoms with Gasteiger partial charge in [0.2, 0.25) is 5.91 Å². The minimum absolute atomic E-state index is 0.0100. The monoisotopic (exact) mass is 541 g/mol. The molecule has 0 spiro atoms. The van der Waals surface area contributed by atoms with Crippen LogP contribution in [-0.2, 0) is 21.1 Å². The summed E-state index contributed by atoms with van der Waals surface area (Å²) in [7, 11) is -3.15. The number of hydrogen-bond donors (Lipinski definition) is 2. The van der Waals surface area contributed by atoms with Crippen molar-refractivity contribution in [1.82, 2.24) is 9.47 Å². The highest BCUT2D eigenvalue weighted by Crippen LogP contribution is 2.41. The van der Waals surface area contributed by atoms with E-state index in [0.29, 0.717) is 31.0 Å². The molecule has 8 heteroatoms. The number of carbonyl (C=O) groups excluding carboxylic acids is 1. The van der Waals surface area contributed by atoms with Gasteiger partial charge >= 0.3 is 0 Å². The summed E-state index contributed by atoms with van der Waals surface area (Å²) in [6.45, 7) is 6.76. The molecule has 1 amide bonds. The van der Waals surface area contributed by atoms with E-state index in [0.717, 1.165) is 12.0 Å².